The number of hydrogen-bond donors (Lipinski definition) is 1. The standard InChI is InChI=1S/C19H17NO2/c1-14-5-4-6-15(11-14)13-22-19-10-9-16-7-2-3-8-17(16)18(19)12-20-21/h2-12,21H,13H2,1H3. The van der Waals surface area contributed by atoms with Gasteiger partial charge in [-0.05, 0) is 29.3 Å². The van der Waals surface area contributed by atoms with Gasteiger partial charge in [0.2, 0.25) is 0 Å². The average molecular weight is 291 g/mol. The van der Waals surface area contributed by atoms with E-state index in [1.807, 2.05) is 48.5 Å². The van der Waals surface area contributed by atoms with Crippen LogP contribution >= 0.6 is 0 Å². The molecule has 110 valence electrons. The van der Waals surface area contributed by atoms with Crippen molar-refractivity contribution in [2.75, 3.05) is 0 Å². The highest BCUT2D eigenvalue weighted by atomic mass is 16.5. The van der Waals surface area contributed by atoms with Crippen molar-refractivity contribution in [2.24, 2.45) is 5.16 Å². The first kappa shape index (κ1) is 14.1. The predicted molar refractivity (Wildman–Crippen MR) is 88.8 cm³/mol. The summed E-state index contributed by atoms with van der Waals surface area (Å²) in [7, 11) is 0. The summed E-state index contributed by atoms with van der Waals surface area (Å²) in [4.78, 5) is 0. The molecule has 1 N–H and O–H groups in total. The van der Waals surface area contributed by atoms with Crippen LogP contribution in [0, 0.1) is 6.92 Å². The van der Waals surface area contributed by atoms with Gasteiger partial charge in [0, 0.05) is 5.56 Å². The number of fused-ring (bicyclic) bond motifs is 1. The molecule has 0 bridgehead atoms. The summed E-state index contributed by atoms with van der Waals surface area (Å²) < 4.78 is 5.94. The van der Waals surface area contributed by atoms with Gasteiger partial charge in [-0.3, -0.25) is 0 Å². The van der Waals surface area contributed by atoms with Crippen LogP contribution in [0.15, 0.2) is 65.8 Å². The minimum Gasteiger partial charge on any atom is -0.488 e. The molecular weight excluding hydrogens is 274 g/mol. The molecular formula is C19H17NO2. The molecule has 3 aromatic rings. The van der Waals surface area contributed by atoms with E-state index in [9.17, 15) is 0 Å². The number of nitrogens with zero attached hydrogens (tertiary/aromatic N) is 1. The van der Waals surface area contributed by atoms with E-state index >= 15 is 0 Å². The lowest BCUT2D eigenvalue weighted by molar-refractivity contribution is 0.304. The molecule has 0 amide bonds. The van der Waals surface area contributed by atoms with Crippen LogP contribution in [0.4, 0.5) is 0 Å². The van der Waals surface area contributed by atoms with Gasteiger partial charge in [0.05, 0.1) is 6.21 Å². The number of benzene rings is 3. The lowest BCUT2D eigenvalue weighted by Crippen LogP contribution is -1.99. The van der Waals surface area contributed by atoms with Gasteiger partial charge in [-0.2, -0.15) is 0 Å². The van der Waals surface area contributed by atoms with E-state index in [0.717, 1.165) is 21.9 Å². The lowest BCUT2D eigenvalue weighted by atomic mass is 10.0. The first-order valence-corrected chi connectivity index (χ1v) is 7.15. The van der Waals surface area contributed by atoms with Crippen LogP contribution in [0.2, 0.25) is 0 Å². The molecule has 0 heterocycles. The van der Waals surface area contributed by atoms with Gasteiger partial charge in [0.25, 0.3) is 0 Å². The van der Waals surface area contributed by atoms with Crippen molar-refractivity contribution >= 4 is 17.0 Å². The molecule has 0 aliphatic carbocycles. The number of hydrogen-bond acceptors (Lipinski definition) is 3. The topological polar surface area (TPSA) is 41.8 Å². The second kappa shape index (κ2) is 6.31. The van der Waals surface area contributed by atoms with Gasteiger partial charge in [-0.1, -0.05) is 65.3 Å². The van der Waals surface area contributed by atoms with Crippen LogP contribution in [0.3, 0.4) is 0 Å². The van der Waals surface area contributed by atoms with E-state index in [-0.39, 0.29) is 0 Å². The minimum absolute atomic E-state index is 0.478. The van der Waals surface area contributed by atoms with E-state index in [2.05, 4.69) is 24.2 Å². The Morgan fingerprint density at radius 2 is 1.91 bits per heavy atom. The Balaban J connectivity index is 1.94. The van der Waals surface area contributed by atoms with Crippen LogP contribution in [0.5, 0.6) is 5.75 Å². The fourth-order valence-corrected chi connectivity index (χ4v) is 2.56. The zero-order valence-corrected chi connectivity index (χ0v) is 12.4. The van der Waals surface area contributed by atoms with Crippen LogP contribution in [0.1, 0.15) is 16.7 Å². The van der Waals surface area contributed by atoms with Gasteiger partial charge < -0.3 is 9.94 Å². The molecule has 0 saturated heterocycles. The third kappa shape index (κ3) is 2.93. The Kier molecular flexibility index (Phi) is 4.05. The average Bonchev–Trinajstić information content (AvgIpc) is 2.54. The number of rotatable bonds is 4. The largest absolute Gasteiger partial charge is 0.488 e. The summed E-state index contributed by atoms with van der Waals surface area (Å²) >= 11 is 0. The fourth-order valence-electron chi connectivity index (χ4n) is 2.56. The third-order valence-corrected chi connectivity index (χ3v) is 3.59. The molecule has 0 atom stereocenters. The second-order valence-electron chi connectivity index (χ2n) is 5.22. The van der Waals surface area contributed by atoms with Gasteiger partial charge in [-0.15, -0.1) is 0 Å². The van der Waals surface area contributed by atoms with Crippen molar-refractivity contribution in [1.29, 1.82) is 0 Å². The van der Waals surface area contributed by atoms with E-state index in [1.54, 1.807) is 0 Å². The third-order valence-electron chi connectivity index (χ3n) is 3.59. The molecule has 3 aromatic carbocycles. The smallest absolute Gasteiger partial charge is 0.129 e. The first-order chi connectivity index (χ1) is 10.8. The summed E-state index contributed by atoms with van der Waals surface area (Å²) in [5.74, 6) is 0.706. The monoisotopic (exact) mass is 291 g/mol. The Labute approximate surface area is 129 Å². The Bertz CT molecular complexity index is 825. The Morgan fingerprint density at radius 3 is 2.73 bits per heavy atom. The van der Waals surface area contributed by atoms with Gasteiger partial charge in [-0.25, -0.2) is 0 Å². The molecule has 3 rings (SSSR count). The summed E-state index contributed by atoms with van der Waals surface area (Å²) in [5.41, 5.74) is 3.10. The number of ether oxygens (including phenoxy) is 1. The summed E-state index contributed by atoms with van der Waals surface area (Å²) in [5, 5.41) is 14.2. The maximum atomic E-state index is 8.94. The second-order valence-corrected chi connectivity index (χ2v) is 5.22. The van der Waals surface area contributed by atoms with Crippen LogP contribution in [-0.2, 0) is 6.61 Å². The number of oxime groups is 1. The summed E-state index contributed by atoms with van der Waals surface area (Å²) in [6, 6.07) is 20.1. The van der Waals surface area contributed by atoms with E-state index in [1.165, 1.54) is 11.8 Å². The van der Waals surface area contributed by atoms with E-state index in [4.69, 9.17) is 9.94 Å². The highest BCUT2D eigenvalue weighted by Crippen LogP contribution is 2.27. The van der Waals surface area contributed by atoms with Crippen molar-refractivity contribution < 1.29 is 9.94 Å². The maximum absolute atomic E-state index is 8.94. The fraction of sp³-hybridized carbons (Fsp3) is 0.105. The molecule has 0 aliphatic rings. The van der Waals surface area contributed by atoms with Crippen molar-refractivity contribution in [3.63, 3.8) is 0 Å². The van der Waals surface area contributed by atoms with E-state index < -0.39 is 0 Å². The Hall–Kier alpha value is -2.81. The summed E-state index contributed by atoms with van der Waals surface area (Å²) in [6.45, 7) is 2.54. The SMILES string of the molecule is Cc1cccc(COc2ccc3ccccc3c2C=NO)c1. The van der Waals surface area contributed by atoms with Crippen molar-refractivity contribution in [2.45, 2.75) is 13.5 Å². The molecule has 3 heteroatoms. The molecule has 0 saturated carbocycles. The van der Waals surface area contributed by atoms with Crippen LogP contribution < -0.4 is 4.74 Å². The molecule has 3 nitrogen and oxygen atoms in total. The van der Waals surface area contributed by atoms with E-state index in [0.29, 0.717) is 12.4 Å². The molecule has 0 radical (unpaired) electrons. The number of aryl methyl sites for hydroxylation is 1. The zero-order valence-electron chi connectivity index (χ0n) is 12.4. The molecule has 0 aromatic heterocycles. The normalized spacial score (nSPS) is 11.1. The highest BCUT2D eigenvalue weighted by Gasteiger charge is 2.07. The highest BCUT2D eigenvalue weighted by molar-refractivity contribution is 6.02. The van der Waals surface area contributed by atoms with Gasteiger partial charge >= 0.3 is 0 Å². The molecule has 22 heavy (non-hydrogen) atoms. The van der Waals surface area contributed by atoms with Gasteiger partial charge in [0.15, 0.2) is 0 Å². The van der Waals surface area contributed by atoms with Crippen molar-refractivity contribution in [3.8, 4) is 5.75 Å². The lowest BCUT2D eigenvalue weighted by Gasteiger charge is -2.12. The minimum atomic E-state index is 0.478. The predicted octanol–water partition coefficient (Wildman–Crippen LogP) is 4.54. The van der Waals surface area contributed by atoms with Crippen molar-refractivity contribution in [1.82, 2.24) is 0 Å². The maximum Gasteiger partial charge on any atom is 0.129 e. The Morgan fingerprint density at radius 1 is 1.05 bits per heavy atom. The quantitative estimate of drug-likeness (QED) is 0.436. The molecule has 0 unspecified atom stereocenters. The summed E-state index contributed by atoms with van der Waals surface area (Å²) in [6.07, 6.45) is 1.42. The van der Waals surface area contributed by atoms with Crippen molar-refractivity contribution in [3.05, 3.63) is 77.4 Å². The zero-order chi connectivity index (χ0) is 15.4. The first-order valence-electron chi connectivity index (χ1n) is 7.15. The molecule has 0 spiro atoms. The molecule has 0 aliphatic heterocycles. The molecule has 0 fully saturated rings. The van der Waals surface area contributed by atoms with Gasteiger partial charge in [0.1, 0.15) is 12.4 Å². The van der Waals surface area contributed by atoms with Crippen LogP contribution in [-0.4, -0.2) is 11.4 Å². The van der Waals surface area contributed by atoms with Crippen LogP contribution in [0.25, 0.3) is 10.8 Å².